The van der Waals surface area contributed by atoms with E-state index in [9.17, 15) is 13.2 Å². The molecule has 2 fully saturated rings. The maximum absolute atomic E-state index is 12.8. The topological polar surface area (TPSA) is 34.2 Å². The summed E-state index contributed by atoms with van der Waals surface area (Å²) in [7, 11) is 0. The second kappa shape index (κ2) is 11.6. The molecule has 0 aromatic heterocycles. The zero-order chi connectivity index (χ0) is 24.0. The molecule has 0 N–H and O–H groups in total. The second-order valence-electron chi connectivity index (χ2n) is 9.57. The Morgan fingerprint density at radius 1 is 1.03 bits per heavy atom. The zero-order valence-corrected chi connectivity index (χ0v) is 20.1. The Bertz CT molecular complexity index is 814. The molecule has 190 valence electrons. The van der Waals surface area contributed by atoms with Gasteiger partial charge in [-0.05, 0) is 88.1 Å². The molecule has 8 heteroatoms. The quantitative estimate of drug-likeness (QED) is 0.474. The van der Waals surface area contributed by atoms with Crippen molar-refractivity contribution < 1.29 is 27.4 Å². The van der Waals surface area contributed by atoms with E-state index in [1.54, 1.807) is 0 Å². The molecule has 3 aliphatic rings. The summed E-state index contributed by atoms with van der Waals surface area (Å²) < 4.78 is 55.6. The molecule has 0 bridgehead atoms. The van der Waals surface area contributed by atoms with Gasteiger partial charge in [0.15, 0.2) is 0 Å². The van der Waals surface area contributed by atoms with Gasteiger partial charge in [-0.3, -0.25) is 4.90 Å². The standard InChI is InChI=1S/C26H37F3N2O3/c1-2-32-22-6-7-23(21-10-12-30(13-11-21)19-26(27,28)29)24(17-22)31-14-8-20(9-15-31)18-34-25-5-3-4-16-33-25/h5-7,17,20-21H,2-4,8-16,18-19H2,1H3. The molecule has 0 spiro atoms. The number of anilines is 1. The van der Waals surface area contributed by atoms with Gasteiger partial charge in [-0.2, -0.15) is 13.2 Å². The molecule has 5 nitrogen and oxygen atoms in total. The summed E-state index contributed by atoms with van der Waals surface area (Å²) in [6.07, 6.45) is 3.53. The molecule has 0 unspecified atom stereocenters. The first-order chi connectivity index (χ1) is 16.4. The summed E-state index contributed by atoms with van der Waals surface area (Å²) >= 11 is 0. The number of alkyl halides is 3. The van der Waals surface area contributed by atoms with Crippen molar-refractivity contribution in [3.8, 4) is 5.75 Å². The second-order valence-corrected chi connectivity index (χ2v) is 9.57. The molecular weight excluding hydrogens is 445 g/mol. The number of rotatable bonds is 8. The number of nitrogens with zero attached hydrogens (tertiary/aromatic N) is 2. The van der Waals surface area contributed by atoms with Crippen LogP contribution in [0.5, 0.6) is 5.75 Å². The minimum absolute atomic E-state index is 0.270. The normalized spacial score (nSPS) is 21.2. The Kier molecular flexibility index (Phi) is 8.51. The van der Waals surface area contributed by atoms with Crippen molar-refractivity contribution >= 4 is 5.69 Å². The van der Waals surface area contributed by atoms with Crippen molar-refractivity contribution in [3.63, 3.8) is 0 Å². The first-order valence-corrected chi connectivity index (χ1v) is 12.7. The molecule has 1 aromatic carbocycles. The minimum atomic E-state index is -4.13. The summed E-state index contributed by atoms with van der Waals surface area (Å²) in [5.74, 6) is 2.29. The third-order valence-corrected chi connectivity index (χ3v) is 7.06. The Morgan fingerprint density at radius 2 is 1.79 bits per heavy atom. The van der Waals surface area contributed by atoms with E-state index in [0.29, 0.717) is 38.2 Å². The van der Waals surface area contributed by atoms with Crippen LogP contribution in [-0.2, 0) is 9.47 Å². The van der Waals surface area contributed by atoms with Crippen LogP contribution in [0.3, 0.4) is 0 Å². The molecule has 3 heterocycles. The van der Waals surface area contributed by atoms with Crippen LogP contribution in [0, 0.1) is 5.92 Å². The van der Waals surface area contributed by atoms with E-state index in [-0.39, 0.29) is 5.92 Å². The lowest BCUT2D eigenvalue weighted by molar-refractivity contribution is -0.147. The highest BCUT2D eigenvalue weighted by molar-refractivity contribution is 5.59. The van der Waals surface area contributed by atoms with Gasteiger partial charge < -0.3 is 19.1 Å². The summed E-state index contributed by atoms with van der Waals surface area (Å²) in [6, 6.07) is 6.26. The van der Waals surface area contributed by atoms with Crippen molar-refractivity contribution in [1.82, 2.24) is 4.90 Å². The maximum Gasteiger partial charge on any atom is 0.401 e. The highest BCUT2D eigenvalue weighted by Gasteiger charge is 2.33. The number of hydrogen-bond acceptors (Lipinski definition) is 5. The zero-order valence-electron chi connectivity index (χ0n) is 20.1. The molecule has 4 rings (SSSR count). The van der Waals surface area contributed by atoms with Crippen LogP contribution in [0.1, 0.15) is 56.9 Å². The Labute approximate surface area is 200 Å². The number of ether oxygens (including phenoxy) is 3. The van der Waals surface area contributed by atoms with E-state index in [4.69, 9.17) is 14.2 Å². The molecule has 0 radical (unpaired) electrons. The van der Waals surface area contributed by atoms with E-state index in [0.717, 1.165) is 64.0 Å². The van der Waals surface area contributed by atoms with E-state index in [1.807, 2.05) is 19.1 Å². The van der Waals surface area contributed by atoms with E-state index in [2.05, 4.69) is 17.0 Å². The largest absolute Gasteiger partial charge is 0.494 e. The van der Waals surface area contributed by atoms with Crippen LogP contribution < -0.4 is 9.64 Å². The van der Waals surface area contributed by atoms with Crippen molar-refractivity contribution in [1.29, 1.82) is 0 Å². The minimum Gasteiger partial charge on any atom is -0.494 e. The molecule has 0 atom stereocenters. The summed E-state index contributed by atoms with van der Waals surface area (Å²) in [5.41, 5.74) is 2.42. The van der Waals surface area contributed by atoms with Crippen molar-refractivity contribution in [3.05, 3.63) is 35.8 Å². The van der Waals surface area contributed by atoms with Crippen molar-refractivity contribution in [2.45, 2.75) is 57.5 Å². The highest BCUT2D eigenvalue weighted by atomic mass is 19.4. The van der Waals surface area contributed by atoms with Gasteiger partial charge in [0, 0.05) is 24.8 Å². The lowest BCUT2D eigenvalue weighted by Crippen LogP contribution is -2.40. The van der Waals surface area contributed by atoms with E-state index >= 15 is 0 Å². The number of likely N-dealkylation sites (tertiary alicyclic amines) is 1. The number of piperidine rings is 2. The SMILES string of the molecule is CCOc1ccc(C2CCN(CC(F)(F)F)CC2)c(N2CCC(COC3=CCCCO3)CC2)c1. The maximum atomic E-state index is 12.8. The smallest absolute Gasteiger partial charge is 0.401 e. The average molecular weight is 483 g/mol. The third kappa shape index (κ3) is 6.96. The van der Waals surface area contributed by atoms with Crippen LogP contribution in [-0.4, -0.2) is 63.6 Å². The first kappa shape index (κ1) is 25.0. The van der Waals surface area contributed by atoms with Gasteiger partial charge in [-0.25, -0.2) is 0 Å². The van der Waals surface area contributed by atoms with Crippen LogP contribution in [0.15, 0.2) is 30.2 Å². The van der Waals surface area contributed by atoms with Crippen LogP contribution in [0.2, 0.25) is 0 Å². The molecular formula is C26H37F3N2O3. The van der Waals surface area contributed by atoms with Crippen molar-refractivity contribution in [2.75, 3.05) is 57.4 Å². The molecule has 2 saturated heterocycles. The molecule has 0 saturated carbocycles. The Morgan fingerprint density at radius 3 is 2.44 bits per heavy atom. The van der Waals surface area contributed by atoms with Crippen LogP contribution >= 0.6 is 0 Å². The number of benzene rings is 1. The number of allylic oxidation sites excluding steroid dienone is 1. The number of halogens is 3. The summed E-state index contributed by atoms with van der Waals surface area (Å²) in [6.45, 7) is 6.01. The van der Waals surface area contributed by atoms with Gasteiger partial charge >= 0.3 is 6.18 Å². The van der Waals surface area contributed by atoms with E-state index < -0.39 is 12.7 Å². The Balaban J connectivity index is 1.38. The van der Waals surface area contributed by atoms with Crippen LogP contribution in [0.4, 0.5) is 18.9 Å². The summed E-state index contributed by atoms with van der Waals surface area (Å²) in [4.78, 5) is 3.95. The average Bonchev–Trinajstić information content (AvgIpc) is 2.84. The highest BCUT2D eigenvalue weighted by Crippen LogP contribution is 2.39. The molecule has 0 amide bonds. The lowest BCUT2D eigenvalue weighted by atomic mass is 9.87. The van der Waals surface area contributed by atoms with Gasteiger partial charge in [-0.1, -0.05) is 6.07 Å². The molecule has 1 aromatic rings. The first-order valence-electron chi connectivity index (χ1n) is 12.7. The van der Waals surface area contributed by atoms with E-state index in [1.165, 1.54) is 16.2 Å². The third-order valence-electron chi connectivity index (χ3n) is 7.06. The predicted octanol–water partition coefficient (Wildman–Crippen LogP) is 5.71. The monoisotopic (exact) mass is 482 g/mol. The fraction of sp³-hybridized carbons (Fsp3) is 0.692. The van der Waals surface area contributed by atoms with Gasteiger partial charge in [0.1, 0.15) is 5.75 Å². The molecule has 3 aliphatic heterocycles. The fourth-order valence-corrected chi connectivity index (χ4v) is 5.23. The predicted molar refractivity (Wildman–Crippen MR) is 126 cm³/mol. The van der Waals surface area contributed by atoms with Gasteiger partial charge in [0.2, 0.25) is 0 Å². The van der Waals surface area contributed by atoms with Gasteiger partial charge in [0.25, 0.3) is 5.95 Å². The van der Waals surface area contributed by atoms with Crippen LogP contribution in [0.25, 0.3) is 0 Å². The summed E-state index contributed by atoms with van der Waals surface area (Å²) in [5, 5.41) is 0. The lowest BCUT2D eigenvalue weighted by Gasteiger charge is -2.38. The molecule has 34 heavy (non-hydrogen) atoms. The fourth-order valence-electron chi connectivity index (χ4n) is 5.23. The van der Waals surface area contributed by atoms with Gasteiger partial charge in [0.05, 0.1) is 26.4 Å². The number of hydrogen-bond donors (Lipinski definition) is 0. The van der Waals surface area contributed by atoms with Gasteiger partial charge in [-0.15, -0.1) is 0 Å². The molecule has 0 aliphatic carbocycles. The van der Waals surface area contributed by atoms with Crippen molar-refractivity contribution in [2.24, 2.45) is 5.92 Å². The Hall–Kier alpha value is -2.09.